The number of nitrogens with zero attached hydrogens (tertiary/aromatic N) is 4. The summed E-state index contributed by atoms with van der Waals surface area (Å²) < 4.78 is 0. The van der Waals surface area contributed by atoms with Crippen molar-refractivity contribution in [3.63, 3.8) is 0 Å². The van der Waals surface area contributed by atoms with Crippen LogP contribution in [-0.2, 0) is 12.8 Å². The smallest absolute Gasteiger partial charge is 0.269 e. The molecule has 186 valence electrons. The van der Waals surface area contributed by atoms with Crippen LogP contribution in [0, 0.1) is 0 Å². The lowest BCUT2D eigenvalue weighted by atomic mass is 9.90. The molecule has 6 heteroatoms. The molecule has 2 aromatic carbocycles. The topological polar surface area (TPSA) is 70.5 Å². The average Bonchev–Trinajstić information content (AvgIpc) is 3.36. The first kappa shape index (κ1) is 23.5. The molecule has 0 saturated carbocycles. The molecule has 1 aliphatic carbocycles. The Balaban J connectivity index is 1.13. The van der Waals surface area contributed by atoms with Gasteiger partial charge in [0.1, 0.15) is 5.69 Å². The van der Waals surface area contributed by atoms with Crippen molar-refractivity contribution < 1.29 is 4.79 Å². The third kappa shape index (κ3) is 5.16. The fourth-order valence-corrected chi connectivity index (χ4v) is 5.59. The predicted octanol–water partition coefficient (Wildman–Crippen LogP) is 5.46. The monoisotopic (exact) mass is 489 g/mol. The number of hydrogen-bond acceptors (Lipinski definition) is 5. The summed E-state index contributed by atoms with van der Waals surface area (Å²) in [6.45, 7) is 2.27. The summed E-state index contributed by atoms with van der Waals surface area (Å²) in [6.07, 6.45) is 8.77. The molecule has 37 heavy (non-hydrogen) atoms. The highest BCUT2D eigenvalue weighted by Crippen LogP contribution is 2.34. The number of pyridine rings is 2. The first-order valence-electron chi connectivity index (χ1n) is 13.2. The molecule has 1 amide bonds. The van der Waals surface area contributed by atoms with Crippen LogP contribution in [0.4, 0.5) is 5.69 Å². The molecule has 0 saturated heterocycles. The zero-order valence-corrected chi connectivity index (χ0v) is 20.9. The largest absolute Gasteiger partial charge is 0.351 e. The highest BCUT2D eigenvalue weighted by Gasteiger charge is 2.28. The number of amides is 1. The van der Waals surface area contributed by atoms with Gasteiger partial charge in [-0.25, -0.2) is 0 Å². The number of benzene rings is 2. The molecule has 1 N–H and O–H groups in total. The SMILES string of the molecule is O=C(NCCCN(CC1=Nc2ccccc2C1)C1CCCc2cccnc21)c1cc2ccccc2cn1. The van der Waals surface area contributed by atoms with Crippen LogP contribution < -0.4 is 5.32 Å². The standard InChI is InChI=1S/C31H31N5O/c37-31(28-19-23-8-1-2-10-25(23)20-34-28)33-16-7-17-36(21-26-18-24-9-3-4-13-27(24)35-26)29-14-5-11-22-12-6-15-32-30(22)29/h1-4,6,8-10,12-13,15,19-20,29H,5,7,11,14,16-18,21H2,(H,33,37). The number of aliphatic imine (C=N–C) groups is 1. The third-order valence-electron chi connectivity index (χ3n) is 7.43. The van der Waals surface area contributed by atoms with Crippen molar-refractivity contribution in [2.24, 2.45) is 4.99 Å². The van der Waals surface area contributed by atoms with E-state index in [9.17, 15) is 4.79 Å². The normalized spacial score (nSPS) is 16.4. The number of aryl methyl sites for hydroxylation is 1. The van der Waals surface area contributed by atoms with E-state index in [0.29, 0.717) is 12.2 Å². The first-order chi connectivity index (χ1) is 18.2. The van der Waals surface area contributed by atoms with E-state index in [0.717, 1.165) is 61.7 Å². The Hall–Kier alpha value is -3.90. The van der Waals surface area contributed by atoms with Crippen LogP contribution in [0.2, 0.25) is 0 Å². The van der Waals surface area contributed by atoms with Crippen molar-refractivity contribution in [3.8, 4) is 0 Å². The van der Waals surface area contributed by atoms with Gasteiger partial charge in [-0.05, 0) is 60.4 Å². The number of fused-ring (bicyclic) bond motifs is 3. The van der Waals surface area contributed by atoms with Gasteiger partial charge in [-0.2, -0.15) is 0 Å². The molecule has 6 rings (SSSR count). The lowest BCUT2D eigenvalue weighted by molar-refractivity contribution is 0.0945. The average molecular weight is 490 g/mol. The van der Waals surface area contributed by atoms with Gasteiger partial charge in [-0.15, -0.1) is 0 Å². The Morgan fingerprint density at radius 2 is 1.81 bits per heavy atom. The van der Waals surface area contributed by atoms with Crippen LogP contribution in [0.1, 0.15) is 52.6 Å². The Bertz CT molecular complexity index is 1460. The van der Waals surface area contributed by atoms with Crippen LogP contribution in [0.3, 0.4) is 0 Å². The molecular formula is C31H31N5O. The third-order valence-corrected chi connectivity index (χ3v) is 7.43. The van der Waals surface area contributed by atoms with E-state index in [1.165, 1.54) is 22.5 Å². The predicted molar refractivity (Wildman–Crippen MR) is 147 cm³/mol. The van der Waals surface area contributed by atoms with Crippen molar-refractivity contribution in [1.82, 2.24) is 20.2 Å². The lowest BCUT2D eigenvalue weighted by Crippen LogP contribution is -2.38. The molecule has 1 aliphatic heterocycles. The maximum absolute atomic E-state index is 12.8. The van der Waals surface area contributed by atoms with Crippen LogP contribution >= 0.6 is 0 Å². The number of aromatic nitrogens is 2. The minimum atomic E-state index is -0.127. The second-order valence-electron chi connectivity index (χ2n) is 9.94. The molecule has 0 fully saturated rings. The zero-order chi connectivity index (χ0) is 25.0. The van der Waals surface area contributed by atoms with Crippen molar-refractivity contribution in [1.29, 1.82) is 0 Å². The van der Waals surface area contributed by atoms with Gasteiger partial charge >= 0.3 is 0 Å². The van der Waals surface area contributed by atoms with Crippen LogP contribution in [0.5, 0.6) is 0 Å². The number of carbonyl (C=O) groups excluding carboxylic acids is 1. The van der Waals surface area contributed by atoms with E-state index in [-0.39, 0.29) is 11.9 Å². The number of nitrogens with one attached hydrogen (secondary N) is 1. The summed E-state index contributed by atoms with van der Waals surface area (Å²) in [6, 6.07) is 22.8. The Labute approximate surface area is 217 Å². The minimum absolute atomic E-state index is 0.127. The Morgan fingerprint density at radius 1 is 0.973 bits per heavy atom. The van der Waals surface area contributed by atoms with E-state index in [1.807, 2.05) is 42.6 Å². The number of rotatable bonds is 8. The van der Waals surface area contributed by atoms with Crippen molar-refractivity contribution in [2.75, 3.05) is 19.6 Å². The van der Waals surface area contributed by atoms with E-state index in [2.05, 4.69) is 45.5 Å². The van der Waals surface area contributed by atoms with Crippen molar-refractivity contribution >= 4 is 28.1 Å². The van der Waals surface area contributed by atoms with Crippen LogP contribution in [0.25, 0.3) is 10.8 Å². The van der Waals surface area contributed by atoms with Gasteiger partial charge in [0.15, 0.2) is 0 Å². The first-order valence-corrected chi connectivity index (χ1v) is 13.2. The van der Waals surface area contributed by atoms with Crippen molar-refractivity contribution in [2.45, 2.75) is 38.1 Å². The second kappa shape index (κ2) is 10.6. The summed E-state index contributed by atoms with van der Waals surface area (Å²) in [7, 11) is 0. The molecule has 1 atom stereocenters. The summed E-state index contributed by atoms with van der Waals surface area (Å²) in [4.78, 5) is 29.4. The quantitative estimate of drug-likeness (QED) is 0.334. The Morgan fingerprint density at radius 3 is 2.73 bits per heavy atom. The molecule has 6 nitrogen and oxygen atoms in total. The molecule has 4 aromatic rings. The molecular weight excluding hydrogens is 458 g/mol. The van der Waals surface area contributed by atoms with E-state index in [1.54, 1.807) is 6.20 Å². The molecule has 0 radical (unpaired) electrons. The molecule has 0 bridgehead atoms. The van der Waals surface area contributed by atoms with Gasteiger partial charge in [0.2, 0.25) is 0 Å². The maximum atomic E-state index is 12.8. The summed E-state index contributed by atoms with van der Waals surface area (Å²) in [5.41, 5.74) is 6.61. The second-order valence-corrected chi connectivity index (χ2v) is 9.94. The van der Waals surface area contributed by atoms with Crippen LogP contribution in [-0.4, -0.2) is 46.1 Å². The highest BCUT2D eigenvalue weighted by molar-refractivity contribution is 5.96. The van der Waals surface area contributed by atoms with Crippen molar-refractivity contribution in [3.05, 3.63) is 102 Å². The van der Waals surface area contributed by atoms with Gasteiger partial charge in [0.05, 0.1) is 17.4 Å². The van der Waals surface area contributed by atoms with Gasteiger partial charge in [0, 0.05) is 49.5 Å². The van der Waals surface area contributed by atoms with Gasteiger partial charge in [-0.3, -0.25) is 24.7 Å². The van der Waals surface area contributed by atoms with E-state index in [4.69, 9.17) is 9.98 Å². The maximum Gasteiger partial charge on any atom is 0.269 e. The van der Waals surface area contributed by atoms with Crippen LogP contribution in [0.15, 0.2) is 84.1 Å². The van der Waals surface area contributed by atoms with Gasteiger partial charge in [-0.1, -0.05) is 48.5 Å². The molecule has 3 heterocycles. The van der Waals surface area contributed by atoms with Gasteiger partial charge < -0.3 is 5.32 Å². The fourth-order valence-electron chi connectivity index (χ4n) is 5.59. The minimum Gasteiger partial charge on any atom is -0.351 e. The van der Waals surface area contributed by atoms with E-state index < -0.39 is 0 Å². The summed E-state index contributed by atoms with van der Waals surface area (Å²) in [5, 5.41) is 5.13. The number of carbonyl (C=O) groups is 1. The number of para-hydroxylation sites is 1. The molecule has 1 unspecified atom stereocenters. The Kier molecular flexibility index (Phi) is 6.74. The summed E-state index contributed by atoms with van der Waals surface area (Å²) >= 11 is 0. The molecule has 2 aromatic heterocycles. The highest BCUT2D eigenvalue weighted by atomic mass is 16.1. The van der Waals surface area contributed by atoms with E-state index >= 15 is 0 Å². The number of hydrogen-bond donors (Lipinski definition) is 1. The fraction of sp³-hybridized carbons (Fsp3) is 0.290. The lowest BCUT2D eigenvalue weighted by Gasteiger charge is -2.35. The molecule has 2 aliphatic rings. The van der Waals surface area contributed by atoms with Gasteiger partial charge in [0.25, 0.3) is 5.91 Å². The summed E-state index contributed by atoms with van der Waals surface area (Å²) in [5.74, 6) is -0.127. The molecule has 0 spiro atoms. The zero-order valence-electron chi connectivity index (χ0n) is 20.9.